The Bertz CT molecular complexity index is 950. The summed E-state index contributed by atoms with van der Waals surface area (Å²) >= 11 is 0. The van der Waals surface area contributed by atoms with Crippen molar-refractivity contribution in [2.45, 2.75) is 20.3 Å². The predicted octanol–water partition coefficient (Wildman–Crippen LogP) is 2.03. The molecule has 0 N–H and O–H groups in total. The molecule has 1 aromatic carbocycles. The van der Waals surface area contributed by atoms with Crippen LogP contribution in [0.4, 0.5) is 5.82 Å². The van der Waals surface area contributed by atoms with Crippen molar-refractivity contribution < 1.29 is 4.79 Å². The van der Waals surface area contributed by atoms with Crippen molar-refractivity contribution in [1.29, 1.82) is 0 Å². The number of nitrogens with zero attached hydrogens (tertiary/aromatic N) is 7. The maximum atomic E-state index is 13.2. The molecule has 0 bridgehead atoms. The van der Waals surface area contributed by atoms with E-state index in [1.807, 2.05) is 49.1 Å². The quantitative estimate of drug-likeness (QED) is 0.695. The summed E-state index contributed by atoms with van der Waals surface area (Å²) in [6.45, 7) is 6.84. The molecule has 8 nitrogen and oxygen atoms in total. The van der Waals surface area contributed by atoms with Crippen LogP contribution < -0.4 is 4.90 Å². The second-order valence-corrected chi connectivity index (χ2v) is 6.88. The van der Waals surface area contributed by atoms with Crippen LogP contribution in [0.15, 0.2) is 42.7 Å². The van der Waals surface area contributed by atoms with Crippen LogP contribution in [0.25, 0.3) is 5.69 Å². The van der Waals surface area contributed by atoms with E-state index in [1.54, 1.807) is 12.4 Å². The monoisotopic (exact) mass is 377 g/mol. The Morgan fingerprint density at radius 3 is 2.54 bits per heavy atom. The van der Waals surface area contributed by atoms with Crippen LogP contribution in [-0.4, -0.2) is 61.9 Å². The predicted molar refractivity (Wildman–Crippen MR) is 106 cm³/mol. The van der Waals surface area contributed by atoms with Gasteiger partial charge in [-0.3, -0.25) is 4.79 Å². The highest BCUT2D eigenvalue weighted by Crippen LogP contribution is 2.19. The van der Waals surface area contributed by atoms with Gasteiger partial charge in [-0.05, 0) is 32.4 Å². The topological polar surface area (TPSA) is 80.0 Å². The first-order valence-corrected chi connectivity index (χ1v) is 9.44. The fourth-order valence-electron chi connectivity index (χ4n) is 3.55. The van der Waals surface area contributed by atoms with Gasteiger partial charge in [0.15, 0.2) is 0 Å². The van der Waals surface area contributed by atoms with Crippen LogP contribution in [0.5, 0.6) is 0 Å². The average molecular weight is 377 g/mol. The number of hydrogen-bond acceptors (Lipinski definition) is 6. The van der Waals surface area contributed by atoms with Crippen molar-refractivity contribution in [2.75, 3.05) is 31.1 Å². The van der Waals surface area contributed by atoms with Crippen molar-refractivity contribution in [1.82, 2.24) is 29.9 Å². The molecule has 0 atom stereocenters. The third-order valence-corrected chi connectivity index (χ3v) is 4.83. The van der Waals surface area contributed by atoms with E-state index in [0.29, 0.717) is 24.3 Å². The minimum absolute atomic E-state index is 0.00444. The zero-order valence-electron chi connectivity index (χ0n) is 16.1. The Morgan fingerprint density at radius 1 is 0.964 bits per heavy atom. The maximum absolute atomic E-state index is 13.2. The van der Waals surface area contributed by atoms with Gasteiger partial charge in [0.05, 0.1) is 23.6 Å². The van der Waals surface area contributed by atoms with E-state index in [4.69, 9.17) is 0 Å². The first-order chi connectivity index (χ1) is 13.6. The lowest BCUT2D eigenvalue weighted by Crippen LogP contribution is -2.36. The summed E-state index contributed by atoms with van der Waals surface area (Å²) < 4.78 is 0. The minimum Gasteiger partial charge on any atom is -0.355 e. The number of carbonyl (C=O) groups excluding carboxylic acids is 1. The minimum atomic E-state index is 0.00444. The number of amides is 1. The third-order valence-electron chi connectivity index (χ3n) is 4.83. The van der Waals surface area contributed by atoms with Gasteiger partial charge in [-0.25, -0.2) is 9.97 Å². The van der Waals surface area contributed by atoms with Crippen molar-refractivity contribution in [3.8, 4) is 5.69 Å². The molecule has 0 spiro atoms. The largest absolute Gasteiger partial charge is 0.355 e. The van der Waals surface area contributed by atoms with Crippen LogP contribution in [0.3, 0.4) is 0 Å². The fourth-order valence-corrected chi connectivity index (χ4v) is 3.55. The van der Waals surface area contributed by atoms with Crippen molar-refractivity contribution in [3.63, 3.8) is 0 Å². The normalized spacial score (nSPS) is 14.8. The summed E-state index contributed by atoms with van der Waals surface area (Å²) in [5.74, 6) is 1.71. The number of rotatable bonds is 3. The molecular weight excluding hydrogens is 354 g/mol. The Morgan fingerprint density at radius 2 is 1.75 bits per heavy atom. The number of benzene rings is 1. The molecule has 1 aliphatic rings. The summed E-state index contributed by atoms with van der Waals surface area (Å²) in [7, 11) is 0. The van der Waals surface area contributed by atoms with Crippen LogP contribution >= 0.6 is 0 Å². The first kappa shape index (κ1) is 18.1. The molecule has 1 amide bonds. The number of para-hydroxylation sites is 1. The molecule has 144 valence electrons. The Balaban J connectivity index is 1.53. The van der Waals surface area contributed by atoms with E-state index in [9.17, 15) is 4.79 Å². The Hall–Kier alpha value is -3.29. The first-order valence-electron chi connectivity index (χ1n) is 9.44. The smallest absolute Gasteiger partial charge is 0.256 e. The van der Waals surface area contributed by atoms with E-state index in [2.05, 4.69) is 25.1 Å². The highest BCUT2D eigenvalue weighted by atomic mass is 16.2. The lowest BCUT2D eigenvalue weighted by atomic mass is 10.1. The molecule has 0 aliphatic carbocycles. The molecule has 3 heterocycles. The molecular formula is C20H23N7O. The second-order valence-electron chi connectivity index (χ2n) is 6.88. The molecule has 3 aromatic rings. The third kappa shape index (κ3) is 3.71. The molecule has 0 unspecified atom stereocenters. The average Bonchev–Trinajstić information content (AvgIpc) is 3.11. The molecule has 0 radical (unpaired) electrons. The van der Waals surface area contributed by atoms with Crippen LogP contribution in [0.2, 0.25) is 0 Å². The van der Waals surface area contributed by atoms with Crippen molar-refractivity contribution in [2.24, 2.45) is 0 Å². The van der Waals surface area contributed by atoms with Gasteiger partial charge < -0.3 is 9.80 Å². The van der Waals surface area contributed by atoms with Gasteiger partial charge in [-0.2, -0.15) is 15.0 Å². The van der Waals surface area contributed by atoms with E-state index >= 15 is 0 Å². The lowest BCUT2D eigenvalue weighted by molar-refractivity contribution is 0.0766. The molecule has 0 saturated carbocycles. The summed E-state index contributed by atoms with van der Waals surface area (Å²) in [5.41, 5.74) is 2.27. The number of hydrogen-bond donors (Lipinski definition) is 0. The van der Waals surface area contributed by atoms with Gasteiger partial charge in [-0.1, -0.05) is 12.1 Å². The molecule has 8 heteroatoms. The zero-order chi connectivity index (χ0) is 19.5. The van der Waals surface area contributed by atoms with Gasteiger partial charge >= 0.3 is 0 Å². The number of carbonyl (C=O) groups is 1. The van der Waals surface area contributed by atoms with Crippen LogP contribution in [0.1, 0.15) is 28.3 Å². The molecule has 28 heavy (non-hydrogen) atoms. The van der Waals surface area contributed by atoms with Gasteiger partial charge in [0, 0.05) is 37.9 Å². The standard InChI is InChI=1S/C20H23N7O/c1-15-14-19(24-16(2)23-15)25-10-5-11-26(13-12-25)20(28)17-6-3-4-7-18(17)27-21-8-9-22-27/h3-4,6-9,14H,5,10-13H2,1-2H3. The van der Waals surface area contributed by atoms with Gasteiger partial charge in [-0.15, -0.1) is 0 Å². The molecule has 1 saturated heterocycles. The highest BCUT2D eigenvalue weighted by molar-refractivity contribution is 5.97. The van der Waals surface area contributed by atoms with E-state index in [-0.39, 0.29) is 5.91 Å². The summed E-state index contributed by atoms with van der Waals surface area (Å²) in [5, 5.41) is 8.35. The van der Waals surface area contributed by atoms with Crippen molar-refractivity contribution >= 4 is 11.7 Å². The van der Waals surface area contributed by atoms with E-state index in [0.717, 1.165) is 36.8 Å². The fraction of sp³-hybridized carbons (Fsp3) is 0.350. The summed E-state index contributed by atoms with van der Waals surface area (Å²) in [4.78, 5) is 27.8. The van der Waals surface area contributed by atoms with Crippen LogP contribution in [0, 0.1) is 13.8 Å². The van der Waals surface area contributed by atoms with Crippen LogP contribution in [-0.2, 0) is 0 Å². The molecule has 1 fully saturated rings. The zero-order valence-corrected chi connectivity index (χ0v) is 16.1. The van der Waals surface area contributed by atoms with Gasteiger partial charge in [0.25, 0.3) is 5.91 Å². The Labute approximate surface area is 163 Å². The molecule has 2 aromatic heterocycles. The number of aryl methyl sites for hydroxylation is 2. The van der Waals surface area contributed by atoms with Gasteiger partial charge in [0.2, 0.25) is 0 Å². The second kappa shape index (κ2) is 7.75. The summed E-state index contributed by atoms with van der Waals surface area (Å²) in [6, 6.07) is 9.46. The SMILES string of the molecule is Cc1cc(N2CCCN(C(=O)c3ccccc3-n3nccn3)CC2)nc(C)n1. The van der Waals surface area contributed by atoms with Gasteiger partial charge in [0.1, 0.15) is 11.6 Å². The summed E-state index contributed by atoms with van der Waals surface area (Å²) in [6.07, 6.45) is 4.10. The lowest BCUT2D eigenvalue weighted by Gasteiger charge is -2.23. The molecule has 1 aliphatic heterocycles. The Kier molecular flexibility index (Phi) is 5.01. The highest BCUT2D eigenvalue weighted by Gasteiger charge is 2.23. The molecule has 4 rings (SSSR count). The van der Waals surface area contributed by atoms with E-state index < -0.39 is 0 Å². The maximum Gasteiger partial charge on any atom is 0.256 e. The number of aromatic nitrogens is 5. The van der Waals surface area contributed by atoms with E-state index in [1.165, 1.54) is 4.80 Å². The van der Waals surface area contributed by atoms with Crippen molar-refractivity contribution in [3.05, 3.63) is 59.8 Å². The number of anilines is 1.